The third-order valence-electron chi connectivity index (χ3n) is 4.25. The van der Waals surface area contributed by atoms with E-state index in [1.807, 2.05) is 48.5 Å². The van der Waals surface area contributed by atoms with Crippen molar-refractivity contribution in [2.45, 2.75) is 45.6 Å². The molecule has 0 heterocycles. The van der Waals surface area contributed by atoms with Crippen LogP contribution in [0.25, 0.3) is 0 Å². The van der Waals surface area contributed by atoms with E-state index in [-0.39, 0.29) is 12.6 Å². The summed E-state index contributed by atoms with van der Waals surface area (Å²) >= 11 is 0. The van der Waals surface area contributed by atoms with Gasteiger partial charge in [0.15, 0.2) is 0 Å². The van der Waals surface area contributed by atoms with Gasteiger partial charge in [-0.05, 0) is 28.5 Å². The van der Waals surface area contributed by atoms with Crippen molar-refractivity contribution >= 4 is 11.7 Å². The summed E-state index contributed by atoms with van der Waals surface area (Å²) in [4.78, 5) is 12.4. The molecule has 0 saturated heterocycles. The van der Waals surface area contributed by atoms with Crippen molar-refractivity contribution in [1.29, 1.82) is 0 Å². The third kappa shape index (κ3) is 5.07. The van der Waals surface area contributed by atoms with E-state index in [4.69, 9.17) is 0 Å². The van der Waals surface area contributed by atoms with Gasteiger partial charge in [-0.2, -0.15) is 0 Å². The Balaban J connectivity index is 2.07. The molecule has 134 valence electrons. The molecule has 1 unspecified atom stereocenters. The van der Waals surface area contributed by atoms with Crippen LogP contribution in [0.5, 0.6) is 0 Å². The first-order chi connectivity index (χ1) is 11.9. The highest BCUT2D eigenvalue weighted by Gasteiger charge is 2.16. The van der Waals surface area contributed by atoms with Crippen molar-refractivity contribution in [3.05, 3.63) is 65.2 Å². The maximum absolute atomic E-state index is 12.4. The lowest BCUT2D eigenvalue weighted by Crippen LogP contribution is -2.33. The van der Waals surface area contributed by atoms with E-state index < -0.39 is 6.10 Å². The lowest BCUT2D eigenvalue weighted by atomic mass is 9.93. The maximum Gasteiger partial charge on any atom is 0.319 e. The largest absolute Gasteiger partial charge is 0.387 e. The average molecular weight is 340 g/mol. The third-order valence-corrected chi connectivity index (χ3v) is 4.25. The number of amides is 2. The van der Waals surface area contributed by atoms with Crippen LogP contribution in [0, 0.1) is 0 Å². The molecule has 0 aliphatic heterocycles. The number of carbonyl (C=O) groups is 1. The van der Waals surface area contributed by atoms with Gasteiger partial charge >= 0.3 is 6.03 Å². The Bertz CT molecular complexity index is 670. The highest BCUT2D eigenvalue weighted by molar-refractivity contribution is 5.91. The molecule has 0 bridgehead atoms. The predicted octanol–water partition coefficient (Wildman–Crippen LogP) is 4.79. The van der Waals surface area contributed by atoms with Crippen molar-refractivity contribution in [3.8, 4) is 0 Å². The van der Waals surface area contributed by atoms with Crippen molar-refractivity contribution in [3.63, 3.8) is 0 Å². The Kier molecular flexibility index (Phi) is 6.59. The van der Waals surface area contributed by atoms with Crippen molar-refractivity contribution in [2.24, 2.45) is 0 Å². The van der Waals surface area contributed by atoms with Crippen LogP contribution >= 0.6 is 0 Å². The number of aliphatic hydroxyl groups excluding tert-OH is 1. The zero-order chi connectivity index (χ0) is 18.4. The van der Waals surface area contributed by atoms with Gasteiger partial charge in [-0.1, -0.05) is 76.2 Å². The number of hydrogen-bond donors (Lipinski definition) is 3. The summed E-state index contributed by atoms with van der Waals surface area (Å²) in [6.07, 6.45) is -0.725. The number of urea groups is 1. The minimum Gasteiger partial charge on any atom is -0.387 e. The topological polar surface area (TPSA) is 61.4 Å². The second-order valence-corrected chi connectivity index (χ2v) is 6.88. The van der Waals surface area contributed by atoms with Crippen LogP contribution < -0.4 is 10.6 Å². The molecule has 2 aromatic rings. The summed E-state index contributed by atoms with van der Waals surface area (Å²) in [6, 6.07) is 15.1. The zero-order valence-electron chi connectivity index (χ0n) is 15.4. The molecule has 25 heavy (non-hydrogen) atoms. The summed E-state index contributed by atoms with van der Waals surface area (Å²) < 4.78 is 0. The number of anilines is 1. The molecule has 0 spiro atoms. The molecule has 2 aromatic carbocycles. The molecule has 4 heteroatoms. The van der Waals surface area contributed by atoms with Crippen molar-refractivity contribution in [1.82, 2.24) is 5.32 Å². The van der Waals surface area contributed by atoms with Crippen LogP contribution in [-0.4, -0.2) is 17.7 Å². The number of aliphatic hydroxyl groups is 1. The smallest absolute Gasteiger partial charge is 0.319 e. The highest BCUT2D eigenvalue weighted by atomic mass is 16.3. The number of benzene rings is 2. The summed E-state index contributed by atoms with van der Waals surface area (Å²) in [5.41, 5.74) is 3.89. The van der Waals surface area contributed by atoms with Gasteiger partial charge in [0.25, 0.3) is 0 Å². The van der Waals surface area contributed by atoms with Gasteiger partial charge in [0.2, 0.25) is 0 Å². The van der Waals surface area contributed by atoms with Crippen LogP contribution in [-0.2, 0) is 0 Å². The summed E-state index contributed by atoms with van der Waals surface area (Å²) in [7, 11) is 0. The molecule has 0 aromatic heterocycles. The molecule has 2 amide bonds. The Morgan fingerprint density at radius 1 is 0.920 bits per heavy atom. The van der Waals surface area contributed by atoms with Gasteiger partial charge in [-0.3, -0.25) is 0 Å². The second kappa shape index (κ2) is 8.67. The van der Waals surface area contributed by atoms with Crippen LogP contribution in [0.1, 0.15) is 62.3 Å². The second-order valence-electron chi connectivity index (χ2n) is 6.88. The number of carbonyl (C=O) groups excluding carboxylic acids is 1. The summed E-state index contributed by atoms with van der Waals surface area (Å²) in [5.74, 6) is 0.618. The van der Waals surface area contributed by atoms with Gasteiger partial charge in [-0.25, -0.2) is 4.79 Å². The fraction of sp³-hybridized carbons (Fsp3) is 0.381. The number of nitrogens with one attached hydrogen (secondary N) is 2. The molecular formula is C21H28N2O2. The SMILES string of the molecule is CC(C)c1cccc(C(C)C)c1NC(=O)NCC(O)c1ccccc1. The first-order valence-electron chi connectivity index (χ1n) is 8.80. The van der Waals surface area contributed by atoms with E-state index in [1.54, 1.807) is 0 Å². The van der Waals surface area contributed by atoms with E-state index in [2.05, 4.69) is 38.3 Å². The quantitative estimate of drug-likeness (QED) is 0.708. The number of para-hydroxylation sites is 1. The monoisotopic (exact) mass is 340 g/mol. The molecule has 0 aliphatic carbocycles. The van der Waals surface area contributed by atoms with E-state index in [0.29, 0.717) is 11.8 Å². The first-order valence-corrected chi connectivity index (χ1v) is 8.80. The van der Waals surface area contributed by atoms with Crippen LogP contribution in [0.3, 0.4) is 0 Å². The van der Waals surface area contributed by atoms with Crippen LogP contribution in [0.4, 0.5) is 10.5 Å². The Morgan fingerprint density at radius 3 is 2.00 bits per heavy atom. The van der Waals surface area contributed by atoms with Gasteiger partial charge in [-0.15, -0.1) is 0 Å². The summed E-state index contributed by atoms with van der Waals surface area (Å²) in [5, 5.41) is 15.9. The molecule has 1 atom stereocenters. The van der Waals surface area contributed by atoms with Gasteiger partial charge in [0.05, 0.1) is 6.10 Å². The first kappa shape index (κ1) is 19.0. The predicted molar refractivity (Wildman–Crippen MR) is 103 cm³/mol. The number of rotatable bonds is 6. The molecule has 4 nitrogen and oxygen atoms in total. The van der Waals surface area contributed by atoms with E-state index in [1.165, 1.54) is 0 Å². The minimum absolute atomic E-state index is 0.163. The molecular weight excluding hydrogens is 312 g/mol. The average Bonchev–Trinajstić information content (AvgIpc) is 2.60. The molecule has 3 N–H and O–H groups in total. The van der Waals surface area contributed by atoms with Gasteiger partial charge < -0.3 is 15.7 Å². The zero-order valence-corrected chi connectivity index (χ0v) is 15.4. The molecule has 2 rings (SSSR count). The Hall–Kier alpha value is -2.33. The van der Waals surface area contributed by atoms with Crippen LogP contribution in [0.15, 0.2) is 48.5 Å². The highest BCUT2D eigenvalue weighted by Crippen LogP contribution is 2.32. The van der Waals surface area contributed by atoms with E-state index in [9.17, 15) is 9.90 Å². The van der Waals surface area contributed by atoms with Crippen LogP contribution in [0.2, 0.25) is 0 Å². The maximum atomic E-state index is 12.4. The lowest BCUT2D eigenvalue weighted by molar-refractivity contribution is 0.175. The van der Waals surface area contributed by atoms with Crippen molar-refractivity contribution in [2.75, 3.05) is 11.9 Å². The molecule has 0 saturated carbocycles. The molecule has 0 aliphatic rings. The standard InChI is InChI=1S/C21H28N2O2/c1-14(2)17-11-8-12-18(15(3)4)20(17)23-21(25)22-13-19(24)16-9-6-5-7-10-16/h5-12,14-15,19,24H,13H2,1-4H3,(H2,22,23,25). The summed E-state index contributed by atoms with van der Waals surface area (Å²) in [6.45, 7) is 8.61. The fourth-order valence-electron chi connectivity index (χ4n) is 2.84. The van der Waals surface area contributed by atoms with E-state index in [0.717, 1.165) is 22.4 Å². The van der Waals surface area contributed by atoms with Gasteiger partial charge in [0, 0.05) is 12.2 Å². The van der Waals surface area contributed by atoms with Gasteiger partial charge in [0.1, 0.15) is 0 Å². The number of hydrogen-bond acceptors (Lipinski definition) is 2. The minimum atomic E-state index is -0.725. The fourth-order valence-corrected chi connectivity index (χ4v) is 2.84. The Morgan fingerprint density at radius 2 is 1.48 bits per heavy atom. The lowest BCUT2D eigenvalue weighted by Gasteiger charge is -2.21. The Labute approximate surface area is 150 Å². The van der Waals surface area contributed by atoms with E-state index >= 15 is 0 Å². The molecule has 0 radical (unpaired) electrons. The normalized spacial score (nSPS) is 12.3. The van der Waals surface area contributed by atoms with Crippen molar-refractivity contribution < 1.29 is 9.90 Å². The molecule has 0 fully saturated rings.